The fourth-order valence-corrected chi connectivity index (χ4v) is 7.22. The monoisotopic (exact) mass is 676 g/mol. The second kappa shape index (κ2) is 18.7. The standard InChI is InChI=1S/C44H56N2O4/c1-6-27-44(50,28-7-2)30-40(47)41(43(49)45(5)33(4)42(48)36-23-16-11-17-24-36)39(8-3)37-25-18-26-38(29-37)46(31-34-19-12-9-13-20-34)32-35-21-14-10-15-22-35/h9-26,29,33,39,41-42,48,50H,6-8,27-28,30-32H2,1-5H3/t33-,39+,41?,42-/m1/s1. The van der Waals surface area contributed by atoms with Gasteiger partial charge in [0.05, 0.1) is 17.7 Å². The van der Waals surface area contributed by atoms with Crippen molar-refractivity contribution in [1.29, 1.82) is 0 Å². The zero-order chi connectivity index (χ0) is 36.1. The molecule has 0 aliphatic rings. The Bertz CT molecular complexity index is 1560. The van der Waals surface area contributed by atoms with Crippen molar-refractivity contribution in [1.82, 2.24) is 4.90 Å². The molecule has 0 aromatic heterocycles. The first-order chi connectivity index (χ1) is 24.1. The molecular weight excluding hydrogens is 620 g/mol. The first kappa shape index (κ1) is 38.5. The Balaban J connectivity index is 1.74. The molecule has 0 fully saturated rings. The molecule has 0 heterocycles. The van der Waals surface area contributed by atoms with Crippen LogP contribution in [-0.4, -0.2) is 45.5 Å². The molecule has 1 unspecified atom stereocenters. The lowest BCUT2D eigenvalue weighted by molar-refractivity contribution is -0.146. The van der Waals surface area contributed by atoms with Gasteiger partial charge in [-0.1, -0.05) is 137 Å². The number of carbonyl (C=O) groups excluding carboxylic acids is 2. The molecule has 0 aliphatic heterocycles. The van der Waals surface area contributed by atoms with Gasteiger partial charge in [0.25, 0.3) is 0 Å². The Morgan fingerprint density at radius 2 is 1.22 bits per heavy atom. The van der Waals surface area contributed by atoms with E-state index >= 15 is 0 Å². The van der Waals surface area contributed by atoms with E-state index in [-0.39, 0.29) is 18.1 Å². The maximum absolute atomic E-state index is 14.6. The predicted octanol–water partition coefficient (Wildman–Crippen LogP) is 8.87. The smallest absolute Gasteiger partial charge is 0.233 e. The third-order valence-electron chi connectivity index (χ3n) is 10.0. The lowest BCUT2D eigenvalue weighted by Crippen LogP contribution is -2.47. The summed E-state index contributed by atoms with van der Waals surface area (Å²) in [7, 11) is 1.67. The number of ketones is 1. The fourth-order valence-electron chi connectivity index (χ4n) is 7.22. The highest BCUT2D eigenvalue weighted by molar-refractivity contribution is 6.02. The van der Waals surface area contributed by atoms with Crippen LogP contribution >= 0.6 is 0 Å². The van der Waals surface area contributed by atoms with Crippen LogP contribution in [0, 0.1) is 5.92 Å². The first-order valence-corrected chi connectivity index (χ1v) is 18.3. The number of anilines is 1. The lowest BCUT2D eigenvalue weighted by atomic mass is 9.76. The molecule has 0 bridgehead atoms. The van der Waals surface area contributed by atoms with Gasteiger partial charge in [-0.3, -0.25) is 9.59 Å². The number of benzene rings is 4. The van der Waals surface area contributed by atoms with Gasteiger partial charge in [-0.05, 0) is 60.6 Å². The summed E-state index contributed by atoms with van der Waals surface area (Å²) in [5, 5.41) is 22.9. The van der Waals surface area contributed by atoms with Gasteiger partial charge in [0, 0.05) is 38.2 Å². The summed E-state index contributed by atoms with van der Waals surface area (Å²) in [5.41, 5.74) is 3.81. The van der Waals surface area contributed by atoms with Gasteiger partial charge in [0.15, 0.2) is 0 Å². The summed E-state index contributed by atoms with van der Waals surface area (Å²) in [5.74, 6) is -2.05. The van der Waals surface area contributed by atoms with Gasteiger partial charge in [-0.25, -0.2) is 0 Å². The Hall–Kier alpha value is -4.26. The molecule has 0 radical (unpaired) electrons. The van der Waals surface area contributed by atoms with Crippen molar-refractivity contribution in [3.05, 3.63) is 138 Å². The van der Waals surface area contributed by atoms with Gasteiger partial charge in [0.1, 0.15) is 11.7 Å². The van der Waals surface area contributed by atoms with Crippen molar-refractivity contribution < 1.29 is 19.8 Å². The molecule has 0 saturated carbocycles. The predicted molar refractivity (Wildman–Crippen MR) is 204 cm³/mol. The normalized spacial score (nSPS) is 14.0. The van der Waals surface area contributed by atoms with E-state index in [0.29, 0.717) is 37.9 Å². The van der Waals surface area contributed by atoms with Crippen LogP contribution in [-0.2, 0) is 22.7 Å². The molecule has 0 aliphatic carbocycles. The number of carbonyl (C=O) groups is 2. The Morgan fingerprint density at radius 1 is 0.720 bits per heavy atom. The molecule has 4 aromatic carbocycles. The number of rotatable bonds is 19. The number of aliphatic hydroxyl groups excluding tert-OH is 1. The third kappa shape index (κ3) is 10.1. The number of aliphatic hydroxyl groups is 2. The maximum atomic E-state index is 14.6. The van der Waals surface area contributed by atoms with Gasteiger partial charge in [0.2, 0.25) is 5.91 Å². The van der Waals surface area contributed by atoms with Gasteiger partial charge in [-0.15, -0.1) is 0 Å². The average molecular weight is 677 g/mol. The summed E-state index contributed by atoms with van der Waals surface area (Å²) in [4.78, 5) is 33.0. The summed E-state index contributed by atoms with van der Waals surface area (Å²) >= 11 is 0. The van der Waals surface area contributed by atoms with Crippen molar-refractivity contribution in [3.8, 4) is 0 Å². The van der Waals surface area contributed by atoms with E-state index in [1.165, 1.54) is 16.0 Å². The van der Waals surface area contributed by atoms with E-state index in [1.54, 1.807) is 7.05 Å². The van der Waals surface area contributed by atoms with Gasteiger partial charge in [-0.2, -0.15) is 0 Å². The van der Waals surface area contributed by atoms with Gasteiger partial charge < -0.3 is 20.0 Å². The van der Waals surface area contributed by atoms with Crippen LogP contribution in [0.4, 0.5) is 5.69 Å². The number of hydrogen-bond donors (Lipinski definition) is 2. The summed E-state index contributed by atoms with van der Waals surface area (Å²) in [6.45, 7) is 9.22. The minimum atomic E-state index is -1.17. The highest BCUT2D eigenvalue weighted by atomic mass is 16.3. The second-order valence-corrected chi connectivity index (χ2v) is 13.8. The van der Waals surface area contributed by atoms with E-state index in [9.17, 15) is 19.8 Å². The molecule has 4 aromatic rings. The summed E-state index contributed by atoms with van der Waals surface area (Å²) in [6.07, 6.45) is 2.00. The fraction of sp³-hybridized carbons (Fsp3) is 0.409. The molecule has 266 valence electrons. The van der Waals surface area contributed by atoms with Crippen LogP contribution in [0.3, 0.4) is 0 Å². The molecule has 0 saturated heterocycles. The van der Waals surface area contributed by atoms with Crippen LogP contribution in [0.15, 0.2) is 115 Å². The zero-order valence-electron chi connectivity index (χ0n) is 30.5. The van der Waals surface area contributed by atoms with Crippen molar-refractivity contribution in [3.63, 3.8) is 0 Å². The molecule has 2 N–H and O–H groups in total. The third-order valence-corrected chi connectivity index (χ3v) is 10.0. The Kier molecular flexibility index (Phi) is 14.4. The molecule has 4 rings (SSSR count). The van der Waals surface area contributed by atoms with E-state index in [0.717, 1.165) is 24.1 Å². The number of hydrogen-bond acceptors (Lipinski definition) is 5. The quantitative estimate of drug-likeness (QED) is 0.0970. The topological polar surface area (TPSA) is 81.1 Å². The SMILES string of the molecule is CCCC(O)(CCC)CC(=O)C(C(=O)N(C)[C@H](C)[C@@H](O)c1ccccc1)[C@@H](CC)c1cccc(N(Cc2ccccc2)Cc2ccccc2)c1. The largest absolute Gasteiger partial charge is 0.389 e. The highest BCUT2D eigenvalue weighted by Crippen LogP contribution is 2.37. The van der Waals surface area contributed by atoms with Crippen molar-refractivity contribution in [2.75, 3.05) is 11.9 Å². The van der Waals surface area contributed by atoms with Crippen molar-refractivity contribution >= 4 is 17.4 Å². The van der Waals surface area contributed by atoms with Crippen molar-refractivity contribution in [2.24, 2.45) is 5.92 Å². The van der Waals surface area contributed by atoms with Gasteiger partial charge >= 0.3 is 0 Å². The molecule has 50 heavy (non-hydrogen) atoms. The Labute approximate surface area is 299 Å². The van der Waals surface area contributed by atoms with E-state index in [1.807, 2.05) is 107 Å². The van der Waals surface area contributed by atoms with E-state index < -0.39 is 29.6 Å². The van der Waals surface area contributed by atoms with Crippen LogP contribution in [0.1, 0.15) is 100 Å². The Morgan fingerprint density at radius 3 is 1.72 bits per heavy atom. The number of amides is 1. The van der Waals surface area contributed by atoms with Crippen LogP contribution in [0.5, 0.6) is 0 Å². The molecular formula is C44H56N2O4. The van der Waals surface area contributed by atoms with Crippen LogP contribution < -0.4 is 4.90 Å². The minimum Gasteiger partial charge on any atom is -0.389 e. The first-order valence-electron chi connectivity index (χ1n) is 18.3. The highest BCUT2D eigenvalue weighted by Gasteiger charge is 2.42. The maximum Gasteiger partial charge on any atom is 0.233 e. The number of nitrogens with zero attached hydrogens (tertiary/aromatic N) is 2. The number of Topliss-reactive ketones (excluding diaryl/α,β-unsaturated/α-hetero) is 1. The zero-order valence-corrected chi connectivity index (χ0v) is 30.5. The molecule has 6 nitrogen and oxygen atoms in total. The molecule has 1 amide bonds. The van der Waals surface area contributed by atoms with Crippen molar-refractivity contribution in [2.45, 2.75) is 103 Å². The summed E-state index contributed by atoms with van der Waals surface area (Å²) in [6, 6.07) is 37.7. The number of likely N-dealkylation sites (N-methyl/N-ethyl adjacent to an activating group) is 1. The van der Waals surface area contributed by atoms with Crippen LogP contribution in [0.25, 0.3) is 0 Å². The molecule has 0 spiro atoms. The average Bonchev–Trinajstić information content (AvgIpc) is 3.13. The van der Waals surface area contributed by atoms with E-state index in [2.05, 4.69) is 41.3 Å². The van der Waals surface area contributed by atoms with Crippen LogP contribution in [0.2, 0.25) is 0 Å². The minimum absolute atomic E-state index is 0.0844. The summed E-state index contributed by atoms with van der Waals surface area (Å²) < 4.78 is 0. The second-order valence-electron chi connectivity index (χ2n) is 13.8. The van der Waals surface area contributed by atoms with E-state index in [4.69, 9.17) is 0 Å². The molecule has 4 atom stereocenters. The molecule has 6 heteroatoms. The lowest BCUT2D eigenvalue weighted by Gasteiger charge is -2.36.